The van der Waals surface area contributed by atoms with Crippen molar-refractivity contribution in [1.82, 2.24) is 0 Å². The number of hydrogen-bond acceptors (Lipinski definition) is 1. The van der Waals surface area contributed by atoms with Crippen molar-refractivity contribution >= 4 is 5.69 Å². The molecule has 0 saturated heterocycles. The van der Waals surface area contributed by atoms with E-state index in [1.807, 2.05) is 0 Å². The molecule has 0 N–H and O–H groups in total. The van der Waals surface area contributed by atoms with E-state index in [2.05, 4.69) is 73.5 Å². The van der Waals surface area contributed by atoms with Crippen LogP contribution in [0.15, 0.2) is 71.5 Å². The minimum absolute atomic E-state index is 0.714. The maximum atomic E-state index is 2.50. The quantitative estimate of drug-likeness (QED) is 0.741. The topological polar surface area (TPSA) is 3.24 Å². The van der Waals surface area contributed by atoms with Crippen molar-refractivity contribution in [3.8, 4) is 0 Å². The molecule has 0 radical (unpaired) electrons. The largest absolute Gasteiger partial charge is 0.344 e. The Bertz CT molecular complexity index is 775. The van der Waals surface area contributed by atoms with Gasteiger partial charge in [-0.25, -0.2) is 0 Å². The van der Waals surface area contributed by atoms with Gasteiger partial charge in [0.05, 0.1) is 0 Å². The number of fused-ring (bicyclic) bond motifs is 2. The standard InChI is InChI=1S/C22H23N/c1-14-3-7-18(8-4-14)23(2)22-10-9-19-16-6-5-15-12-21(22)20(19)13-17(15)11-16/h3-10,12,16-17,19-20H,11,13H2,1-2H3/t16?,17?,19-,20?/m1/s1. The zero-order valence-corrected chi connectivity index (χ0v) is 13.9. The van der Waals surface area contributed by atoms with Gasteiger partial charge in [0.1, 0.15) is 0 Å². The first-order chi connectivity index (χ1) is 11.2. The van der Waals surface area contributed by atoms with Crippen LogP contribution in [0.4, 0.5) is 5.69 Å². The summed E-state index contributed by atoms with van der Waals surface area (Å²) in [6.07, 6.45) is 15.0. The van der Waals surface area contributed by atoms with Crippen molar-refractivity contribution in [2.45, 2.75) is 19.8 Å². The third-order valence-corrected chi connectivity index (χ3v) is 6.34. The van der Waals surface area contributed by atoms with Gasteiger partial charge in [-0.1, -0.05) is 42.0 Å². The van der Waals surface area contributed by atoms with Gasteiger partial charge in [0, 0.05) is 18.4 Å². The number of likely N-dealkylation sites (N-methyl/N-ethyl adjacent to an activating group) is 1. The fraction of sp³-hybridized carbons (Fsp3) is 0.364. The third-order valence-electron chi connectivity index (χ3n) is 6.34. The molecule has 0 aliphatic heterocycles. The van der Waals surface area contributed by atoms with Crippen LogP contribution < -0.4 is 4.90 Å². The lowest BCUT2D eigenvalue weighted by molar-refractivity contribution is 0.198. The van der Waals surface area contributed by atoms with Gasteiger partial charge in [-0.2, -0.15) is 0 Å². The summed E-state index contributed by atoms with van der Waals surface area (Å²) in [6, 6.07) is 8.86. The summed E-state index contributed by atoms with van der Waals surface area (Å²) in [5.74, 6) is 3.01. The summed E-state index contributed by atoms with van der Waals surface area (Å²) in [7, 11) is 2.21. The minimum Gasteiger partial charge on any atom is -0.344 e. The van der Waals surface area contributed by atoms with E-state index in [9.17, 15) is 0 Å². The van der Waals surface area contributed by atoms with Crippen molar-refractivity contribution in [1.29, 1.82) is 0 Å². The van der Waals surface area contributed by atoms with Gasteiger partial charge in [-0.05, 0) is 72.8 Å². The molecule has 3 unspecified atom stereocenters. The Morgan fingerprint density at radius 3 is 2.65 bits per heavy atom. The van der Waals surface area contributed by atoms with Crippen LogP contribution in [-0.4, -0.2) is 7.05 Å². The lowest BCUT2D eigenvalue weighted by atomic mass is 9.56. The Hall–Kier alpha value is -2.02. The van der Waals surface area contributed by atoms with Crippen molar-refractivity contribution < 1.29 is 0 Å². The van der Waals surface area contributed by atoms with E-state index in [1.54, 1.807) is 11.1 Å². The van der Waals surface area contributed by atoms with E-state index in [1.165, 1.54) is 29.8 Å². The first-order valence-corrected chi connectivity index (χ1v) is 8.83. The molecule has 5 rings (SSSR count). The second-order valence-corrected chi connectivity index (χ2v) is 7.61. The summed E-state index contributed by atoms with van der Waals surface area (Å²) in [4.78, 5) is 2.37. The molecular weight excluding hydrogens is 278 g/mol. The molecule has 0 amide bonds. The summed E-state index contributed by atoms with van der Waals surface area (Å²) < 4.78 is 0. The second-order valence-electron chi connectivity index (χ2n) is 7.61. The highest BCUT2D eigenvalue weighted by molar-refractivity contribution is 5.60. The zero-order valence-electron chi connectivity index (χ0n) is 13.9. The zero-order chi connectivity index (χ0) is 15.6. The smallest absolute Gasteiger partial charge is 0.0440 e. The highest BCUT2D eigenvalue weighted by Gasteiger charge is 2.44. The summed E-state index contributed by atoms with van der Waals surface area (Å²) in [5, 5.41) is 0. The molecule has 1 aromatic carbocycles. The molecule has 0 heterocycles. The van der Waals surface area contributed by atoms with Gasteiger partial charge in [-0.15, -0.1) is 0 Å². The number of rotatable bonds is 2. The van der Waals surface area contributed by atoms with Crippen LogP contribution in [0.2, 0.25) is 0 Å². The molecule has 1 aromatic rings. The van der Waals surface area contributed by atoms with Crippen LogP contribution in [0.25, 0.3) is 0 Å². The Morgan fingerprint density at radius 2 is 1.83 bits per heavy atom. The monoisotopic (exact) mass is 301 g/mol. The average Bonchev–Trinajstić information content (AvgIpc) is 2.59. The molecule has 0 spiro atoms. The fourth-order valence-electron chi connectivity index (χ4n) is 5.03. The molecular formula is C22H23N. The molecule has 1 saturated carbocycles. The second kappa shape index (κ2) is 4.74. The van der Waals surface area contributed by atoms with Gasteiger partial charge in [0.25, 0.3) is 0 Å². The van der Waals surface area contributed by atoms with E-state index in [-0.39, 0.29) is 0 Å². The summed E-state index contributed by atoms with van der Waals surface area (Å²) in [6.45, 7) is 2.15. The van der Waals surface area contributed by atoms with E-state index in [0.717, 1.165) is 17.8 Å². The van der Waals surface area contributed by atoms with Crippen LogP contribution in [0, 0.1) is 30.6 Å². The van der Waals surface area contributed by atoms with Crippen LogP contribution >= 0.6 is 0 Å². The van der Waals surface area contributed by atoms with Crippen LogP contribution in [-0.2, 0) is 0 Å². The molecule has 1 fully saturated rings. The van der Waals surface area contributed by atoms with Crippen molar-refractivity contribution in [3.63, 3.8) is 0 Å². The number of hydrogen-bond donors (Lipinski definition) is 0. The van der Waals surface area contributed by atoms with E-state index >= 15 is 0 Å². The summed E-state index contributed by atoms with van der Waals surface area (Å²) in [5.41, 5.74) is 7.12. The number of benzene rings is 1. The van der Waals surface area contributed by atoms with Crippen molar-refractivity contribution in [2.24, 2.45) is 23.7 Å². The summed E-state index contributed by atoms with van der Waals surface area (Å²) >= 11 is 0. The number of aryl methyl sites for hydroxylation is 1. The van der Waals surface area contributed by atoms with Crippen LogP contribution in [0.1, 0.15) is 18.4 Å². The molecule has 1 heteroatoms. The first kappa shape index (κ1) is 13.4. The molecule has 23 heavy (non-hydrogen) atoms. The van der Waals surface area contributed by atoms with Crippen LogP contribution in [0.3, 0.4) is 0 Å². The molecule has 116 valence electrons. The lowest BCUT2D eigenvalue weighted by Crippen LogP contribution is -2.40. The lowest BCUT2D eigenvalue weighted by Gasteiger charge is -2.49. The van der Waals surface area contributed by atoms with Crippen molar-refractivity contribution in [2.75, 3.05) is 11.9 Å². The maximum absolute atomic E-state index is 2.50. The molecule has 4 aliphatic carbocycles. The SMILES string of the molecule is Cc1ccc(N(C)C2=C3C=C4C=CC5CC4CC3[C@@H]5C=C2)cc1. The van der Waals surface area contributed by atoms with E-state index in [0.29, 0.717) is 5.92 Å². The van der Waals surface area contributed by atoms with Gasteiger partial charge in [0.2, 0.25) is 0 Å². The van der Waals surface area contributed by atoms with Crippen molar-refractivity contribution in [3.05, 3.63) is 77.1 Å². The number of anilines is 1. The van der Waals surface area contributed by atoms with E-state index < -0.39 is 0 Å². The number of allylic oxidation sites excluding steroid dienone is 7. The fourth-order valence-corrected chi connectivity index (χ4v) is 5.03. The van der Waals surface area contributed by atoms with Gasteiger partial charge >= 0.3 is 0 Å². The minimum atomic E-state index is 0.714. The predicted octanol–water partition coefficient (Wildman–Crippen LogP) is 5.02. The Labute approximate surface area is 138 Å². The molecule has 4 atom stereocenters. The Kier molecular flexibility index (Phi) is 2.76. The molecule has 3 bridgehead atoms. The van der Waals surface area contributed by atoms with E-state index in [4.69, 9.17) is 0 Å². The normalized spacial score (nSPS) is 33.0. The molecule has 1 nitrogen and oxygen atoms in total. The maximum Gasteiger partial charge on any atom is 0.0440 e. The highest BCUT2D eigenvalue weighted by atomic mass is 15.1. The Balaban J connectivity index is 1.62. The van der Waals surface area contributed by atoms with Crippen LogP contribution in [0.5, 0.6) is 0 Å². The predicted molar refractivity (Wildman–Crippen MR) is 96.2 cm³/mol. The molecule has 4 aliphatic rings. The average molecular weight is 301 g/mol. The third kappa shape index (κ3) is 1.92. The first-order valence-electron chi connectivity index (χ1n) is 8.83. The highest BCUT2D eigenvalue weighted by Crippen LogP contribution is 2.54. The molecule has 0 aromatic heterocycles. The van der Waals surface area contributed by atoms with Gasteiger partial charge in [0.15, 0.2) is 0 Å². The van der Waals surface area contributed by atoms with Gasteiger partial charge in [-0.3, -0.25) is 0 Å². The Morgan fingerprint density at radius 1 is 1.00 bits per heavy atom. The van der Waals surface area contributed by atoms with Gasteiger partial charge < -0.3 is 4.90 Å². The number of nitrogens with zero attached hydrogens (tertiary/aromatic N) is 1.